The first-order valence-corrected chi connectivity index (χ1v) is 11.7. The molecule has 0 unspecified atom stereocenters. The Morgan fingerprint density at radius 3 is 1.19 bits per heavy atom. The van der Waals surface area contributed by atoms with Crippen LogP contribution in [0.1, 0.15) is 81.1 Å². The molecule has 0 aromatic heterocycles. The zero-order chi connectivity index (χ0) is 24.5. The third-order valence-corrected chi connectivity index (χ3v) is 6.96. The van der Waals surface area contributed by atoms with E-state index in [0.717, 1.165) is 25.7 Å². The topological polar surface area (TPSA) is 105 Å². The summed E-state index contributed by atoms with van der Waals surface area (Å²) in [5.74, 6) is -0.0894. The summed E-state index contributed by atoms with van der Waals surface area (Å²) in [7, 11) is 0. The van der Waals surface area contributed by atoms with Gasteiger partial charge in [0.15, 0.2) is 0 Å². The molecule has 0 atom stereocenters. The molecule has 0 aromatic carbocycles. The zero-order valence-electron chi connectivity index (χ0n) is 21.2. The van der Waals surface area contributed by atoms with Gasteiger partial charge in [-0.25, -0.2) is 0 Å². The third kappa shape index (κ3) is 6.53. The lowest BCUT2D eigenvalue weighted by molar-refractivity contribution is -0.250. The van der Waals surface area contributed by atoms with Crippen molar-refractivity contribution in [2.75, 3.05) is 13.1 Å². The van der Waals surface area contributed by atoms with Gasteiger partial charge in [-0.15, -0.1) is 0 Å². The minimum absolute atomic E-state index is 0.249. The lowest BCUT2D eigenvalue weighted by Crippen LogP contribution is -2.60. The first-order valence-electron chi connectivity index (χ1n) is 11.7. The molecule has 0 spiro atoms. The van der Waals surface area contributed by atoms with Crippen molar-refractivity contribution in [1.29, 1.82) is 0 Å². The predicted molar refractivity (Wildman–Crippen MR) is 124 cm³/mol. The number of piperidine rings is 2. The first kappa shape index (κ1) is 26.8. The summed E-state index contributed by atoms with van der Waals surface area (Å²) in [6, 6.07) is 0. The van der Waals surface area contributed by atoms with Gasteiger partial charge < -0.3 is 21.0 Å². The van der Waals surface area contributed by atoms with E-state index in [0.29, 0.717) is 13.1 Å². The molecule has 0 bridgehead atoms. The minimum atomic E-state index is -0.359. The van der Waals surface area contributed by atoms with E-state index < -0.39 is 0 Å². The Bertz CT molecular complexity index is 634. The third-order valence-electron chi connectivity index (χ3n) is 6.96. The van der Waals surface area contributed by atoms with Crippen LogP contribution in [0.2, 0.25) is 0 Å². The highest BCUT2D eigenvalue weighted by Gasteiger charge is 2.45. The highest BCUT2D eigenvalue weighted by Crippen LogP contribution is 2.40. The van der Waals surface area contributed by atoms with Crippen LogP contribution in [0.3, 0.4) is 0 Å². The number of hydroxylamine groups is 4. The van der Waals surface area contributed by atoms with E-state index in [9.17, 15) is 20.0 Å². The van der Waals surface area contributed by atoms with Crippen LogP contribution in [0.15, 0.2) is 12.2 Å². The van der Waals surface area contributed by atoms with Gasteiger partial charge in [-0.05, 0) is 92.9 Å². The second kappa shape index (κ2) is 9.41. The van der Waals surface area contributed by atoms with E-state index in [-0.39, 0.29) is 45.8 Å². The van der Waals surface area contributed by atoms with Crippen LogP contribution in [-0.2, 0) is 9.59 Å². The van der Waals surface area contributed by atoms with Crippen molar-refractivity contribution in [3.63, 3.8) is 0 Å². The van der Waals surface area contributed by atoms with Crippen molar-refractivity contribution in [2.45, 2.75) is 103 Å². The van der Waals surface area contributed by atoms with Crippen LogP contribution in [0.25, 0.3) is 0 Å². The standard InChI is InChI=1S/C24H44N4O4/c1-21(2)11-17(12-22(3,4)27(21)31)15-25-19(29)9-10-20(30)26-16-18-13-23(5,6)28(32)24(7,8)14-18/h9-10,17-18,31-32H,11-16H2,1-8H3,(H,25,29)(H,26,30)/b10-9+. The number of hydrogen-bond donors (Lipinski definition) is 4. The number of hydrogen-bond acceptors (Lipinski definition) is 6. The molecule has 0 saturated carbocycles. The summed E-state index contributed by atoms with van der Waals surface area (Å²) in [5, 5.41) is 29.4. The average Bonchev–Trinajstić information content (AvgIpc) is 2.64. The molecule has 0 radical (unpaired) electrons. The molecule has 0 aliphatic carbocycles. The molecule has 2 heterocycles. The Kier molecular flexibility index (Phi) is 7.87. The average molecular weight is 453 g/mol. The fourth-order valence-electron chi connectivity index (χ4n) is 6.00. The van der Waals surface area contributed by atoms with Crippen LogP contribution in [0, 0.1) is 11.8 Å². The van der Waals surface area contributed by atoms with Gasteiger partial charge in [-0.3, -0.25) is 9.59 Å². The van der Waals surface area contributed by atoms with Crippen molar-refractivity contribution in [3.8, 4) is 0 Å². The maximum atomic E-state index is 12.2. The molecule has 2 aliphatic heterocycles. The summed E-state index contributed by atoms with van der Waals surface area (Å²) in [4.78, 5) is 24.4. The monoisotopic (exact) mass is 452 g/mol. The maximum absolute atomic E-state index is 12.2. The fraction of sp³-hybridized carbons (Fsp3) is 0.833. The van der Waals surface area contributed by atoms with Gasteiger partial charge in [0.25, 0.3) is 0 Å². The number of amides is 2. The van der Waals surface area contributed by atoms with Gasteiger partial charge >= 0.3 is 0 Å². The van der Waals surface area contributed by atoms with Gasteiger partial charge in [0.1, 0.15) is 0 Å². The van der Waals surface area contributed by atoms with Crippen molar-refractivity contribution < 1.29 is 20.0 Å². The van der Waals surface area contributed by atoms with E-state index in [1.165, 1.54) is 22.3 Å². The summed E-state index contributed by atoms with van der Waals surface area (Å²) < 4.78 is 0. The van der Waals surface area contributed by atoms with Crippen LogP contribution in [-0.4, -0.2) is 67.6 Å². The molecule has 2 aliphatic rings. The second-order valence-electron chi connectivity index (χ2n) is 12.2. The largest absolute Gasteiger partial charge is 0.352 e. The molecule has 32 heavy (non-hydrogen) atoms. The Balaban J connectivity index is 1.79. The van der Waals surface area contributed by atoms with Gasteiger partial charge in [-0.2, -0.15) is 10.1 Å². The summed E-state index contributed by atoms with van der Waals surface area (Å²) in [6.07, 6.45) is 5.65. The zero-order valence-corrected chi connectivity index (χ0v) is 21.2. The highest BCUT2D eigenvalue weighted by molar-refractivity contribution is 5.96. The number of carbonyl (C=O) groups is 2. The van der Waals surface area contributed by atoms with Crippen molar-refractivity contribution >= 4 is 11.8 Å². The molecular formula is C24H44N4O4. The van der Waals surface area contributed by atoms with Crippen LogP contribution in [0.4, 0.5) is 0 Å². The lowest BCUT2D eigenvalue weighted by atomic mass is 9.75. The number of rotatable bonds is 6. The van der Waals surface area contributed by atoms with Crippen LogP contribution in [0.5, 0.6) is 0 Å². The van der Waals surface area contributed by atoms with Crippen molar-refractivity contribution in [2.24, 2.45) is 11.8 Å². The molecular weight excluding hydrogens is 408 g/mol. The van der Waals surface area contributed by atoms with E-state index in [1.54, 1.807) is 0 Å². The first-order chi connectivity index (χ1) is 14.5. The van der Waals surface area contributed by atoms with Crippen molar-refractivity contribution in [1.82, 2.24) is 20.8 Å². The molecule has 2 fully saturated rings. The predicted octanol–water partition coefficient (Wildman–Crippen LogP) is 3.09. The minimum Gasteiger partial charge on any atom is -0.352 e. The Labute approximate surface area is 193 Å². The quantitative estimate of drug-likeness (QED) is 0.462. The summed E-state index contributed by atoms with van der Waals surface area (Å²) in [5.41, 5.74) is -1.44. The Hall–Kier alpha value is -1.48. The van der Waals surface area contributed by atoms with Gasteiger partial charge in [0.05, 0.1) is 0 Å². The molecule has 8 nitrogen and oxygen atoms in total. The molecule has 2 rings (SSSR count). The van der Waals surface area contributed by atoms with Gasteiger partial charge in [0.2, 0.25) is 11.8 Å². The van der Waals surface area contributed by atoms with Crippen molar-refractivity contribution in [3.05, 3.63) is 12.2 Å². The van der Waals surface area contributed by atoms with E-state index in [4.69, 9.17) is 0 Å². The summed E-state index contributed by atoms with van der Waals surface area (Å²) >= 11 is 0. The fourth-order valence-corrected chi connectivity index (χ4v) is 6.00. The normalized spacial score (nSPS) is 26.2. The molecule has 8 heteroatoms. The van der Waals surface area contributed by atoms with Gasteiger partial charge in [-0.1, -0.05) is 0 Å². The smallest absolute Gasteiger partial charge is 0.244 e. The molecule has 2 saturated heterocycles. The highest BCUT2D eigenvalue weighted by atomic mass is 16.5. The summed E-state index contributed by atoms with van der Waals surface area (Å²) in [6.45, 7) is 17.0. The Morgan fingerprint density at radius 2 is 0.938 bits per heavy atom. The molecule has 4 N–H and O–H groups in total. The van der Waals surface area contributed by atoms with E-state index in [2.05, 4.69) is 10.6 Å². The number of carbonyl (C=O) groups excluding carboxylic acids is 2. The van der Waals surface area contributed by atoms with Crippen LogP contribution >= 0.6 is 0 Å². The number of nitrogens with zero attached hydrogens (tertiary/aromatic N) is 2. The molecule has 184 valence electrons. The second-order valence-corrected chi connectivity index (χ2v) is 12.2. The van der Waals surface area contributed by atoms with Crippen LogP contribution < -0.4 is 10.6 Å². The molecule has 0 aromatic rings. The maximum Gasteiger partial charge on any atom is 0.244 e. The van der Waals surface area contributed by atoms with Gasteiger partial charge in [0, 0.05) is 47.4 Å². The van der Waals surface area contributed by atoms with E-state index in [1.807, 2.05) is 55.4 Å². The number of nitrogens with one attached hydrogen (secondary N) is 2. The van der Waals surface area contributed by atoms with E-state index >= 15 is 0 Å². The lowest BCUT2D eigenvalue weighted by Gasteiger charge is -2.51. The Morgan fingerprint density at radius 1 is 0.688 bits per heavy atom. The molecule has 2 amide bonds. The SMILES string of the molecule is CC1(C)CC(CNC(=O)/C=C/C(=O)NCC2CC(C)(C)N(O)C(C)(C)C2)CC(C)(C)N1O.